The second-order valence-corrected chi connectivity index (χ2v) is 4.08. The monoisotopic (exact) mass is 255 g/mol. The molecule has 0 aromatic carbocycles. The first-order chi connectivity index (χ1) is 9.06. The molecule has 0 unspecified atom stereocenters. The first kappa shape index (κ1) is 14.8. The Kier molecular flexibility index (Phi) is 5.68. The van der Waals surface area contributed by atoms with Crippen LogP contribution in [0, 0.1) is 0 Å². The smallest absolute Gasteiger partial charge is 0.127 e. The molecule has 0 aliphatic carbocycles. The van der Waals surface area contributed by atoms with Crippen LogP contribution in [0.2, 0.25) is 0 Å². The number of hydrogen-bond donors (Lipinski definition) is 0. The zero-order valence-electron chi connectivity index (χ0n) is 11.4. The molecule has 0 bridgehead atoms. The van der Waals surface area contributed by atoms with Crippen LogP contribution >= 0.6 is 0 Å². The van der Waals surface area contributed by atoms with Crippen LogP contribution < -0.4 is 10.4 Å². The number of hydrogen-bond acceptors (Lipinski definition) is 1. The van der Waals surface area contributed by atoms with E-state index in [4.69, 9.17) is 0 Å². The van der Waals surface area contributed by atoms with Gasteiger partial charge in [-0.05, 0) is 36.4 Å². The van der Waals surface area contributed by atoms with Gasteiger partial charge in [0.25, 0.3) is 0 Å². The summed E-state index contributed by atoms with van der Waals surface area (Å²) in [6, 6.07) is 9.13. The van der Waals surface area contributed by atoms with Crippen LogP contribution in [0.15, 0.2) is 54.5 Å². The maximum atomic E-state index is 13.8. The van der Waals surface area contributed by atoms with Gasteiger partial charge in [0.1, 0.15) is 5.83 Å². The lowest BCUT2D eigenvalue weighted by atomic mass is 10.1. The predicted molar refractivity (Wildman–Crippen MR) is 80.7 cm³/mol. The predicted octanol–water partition coefficient (Wildman–Crippen LogP) is 3.30. The Morgan fingerprint density at radius 3 is 2.58 bits per heavy atom. The highest BCUT2D eigenvalue weighted by Gasteiger charge is 2.02. The van der Waals surface area contributed by atoms with Gasteiger partial charge in [-0.3, -0.25) is 4.98 Å². The summed E-state index contributed by atoms with van der Waals surface area (Å²) in [5, 5.41) is 1.50. The molecule has 0 aliphatic rings. The molecule has 0 N–H and O–H groups in total. The average molecular weight is 255 g/mol. The van der Waals surface area contributed by atoms with Gasteiger partial charge in [-0.25, -0.2) is 4.39 Å². The van der Waals surface area contributed by atoms with Crippen molar-refractivity contribution in [2.45, 2.75) is 13.8 Å². The van der Waals surface area contributed by atoms with E-state index in [9.17, 15) is 4.39 Å². The zero-order valence-corrected chi connectivity index (χ0v) is 11.4. The van der Waals surface area contributed by atoms with Gasteiger partial charge < -0.3 is 0 Å². The quantitative estimate of drug-likeness (QED) is 0.739. The normalized spacial score (nSPS) is 11.9. The van der Waals surface area contributed by atoms with Crippen molar-refractivity contribution in [1.29, 1.82) is 0 Å². The fourth-order valence-corrected chi connectivity index (χ4v) is 1.50. The molecular formula is C17H18FN. The first-order valence-electron chi connectivity index (χ1n) is 6.03. The van der Waals surface area contributed by atoms with Crippen LogP contribution in [0.5, 0.6) is 0 Å². The SMILES string of the molecule is C=c1ccccc(=C)c(/C(C)=C(F)/C=C\C)ncc1. The lowest BCUT2D eigenvalue weighted by Gasteiger charge is -1.99. The minimum absolute atomic E-state index is 0.310. The topological polar surface area (TPSA) is 12.9 Å². The van der Waals surface area contributed by atoms with Crippen molar-refractivity contribution in [2.75, 3.05) is 0 Å². The molecule has 1 rings (SSSR count). The van der Waals surface area contributed by atoms with E-state index in [2.05, 4.69) is 18.1 Å². The van der Waals surface area contributed by atoms with Crippen molar-refractivity contribution in [1.82, 2.24) is 4.98 Å². The Labute approximate surface area is 113 Å². The molecule has 1 aromatic heterocycles. The molecule has 0 saturated heterocycles. The highest BCUT2D eigenvalue weighted by molar-refractivity contribution is 5.64. The zero-order chi connectivity index (χ0) is 14.3. The van der Waals surface area contributed by atoms with Crippen LogP contribution in [0.25, 0.3) is 18.7 Å². The number of aromatic nitrogens is 1. The molecule has 1 aromatic rings. The lowest BCUT2D eigenvalue weighted by molar-refractivity contribution is 0.668. The fraction of sp³-hybridized carbons (Fsp3) is 0.118. The summed E-state index contributed by atoms with van der Waals surface area (Å²) in [4.78, 5) is 4.28. The standard InChI is InChI=1S/C17H18FN/c1-5-8-16(18)15(4)17-14(3)10-7-6-9-13(2)11-12-19-17/h5-12H,2-3H2,1,4H3/b8-5-,9-6?,10-7?,12-11?,16-15-,19-17?. The summed E-state index contributed by atoms with van der Waals surface area (Å²) in [6.07, 6.45) is 4.67. The second-order valence-electron chi connectivity index (χ2n) is 4.08. The summed E-state index contributed by atoms with van der Waals surface area (Å²) in [5.41, 5.74) is 0.999. The van der Waals surface area contributed by atoms with Crippen molar-refractivity contribution in [3.63, 3.8) is 0 Å². The molecular weight excluding hydrogens is 237 g/mol. The van der Waals surface area contributed by atoms with Crippen molar-refractivity contribution >= 4 is 18.7 Å². The number of allylic oxidation sites excluding steroid dienone is 4. The number of halogens is 1. The van der Waals surface area contributed by atoms with E-state index in [-0.39, 0.29) is 5.83 Å². The van der Waals surface area contributed by atoms with Crippen LogP contribution in [-0.4, -0.2) is 4.98 Å². The maximum Gasteiger partial charge on any atom is 0.127 e. The third kappa shape index (κ3) is 4.51. The molecule has 0 saturated carbocycles. The molecule has 2 heteroatoms. The van der Waals surface area contributed by atoms with E-state index >= 15 is 0 Å². The van der Waals surface area contributed by atoms with Gasteiger partial charge in [0.05, 0.1) is 5.69 Å². The number of nitrogens with zero attached hydrogens (tertiary/aromatic N) is 1. The van der Waals surface area contributed by atoms with Crippen LogP contribution in [0.1, 0.15) is 19.5 Å². The fourth-order valence-electron chi connectivity index (χ4n) is 1.50. The van der Waals surface area contributed by atoms with Crippen LogP contribution in [-0.2, 0) is 0 Å². The Hall–Kier alpha value is -2.22. The third-order valence-electron chi connectivity index (χ3n) is 2.54. The van der Waals surface area contributed by atoms with E-state index in [1.54, 1.807) is 38.3 Å². The molecule has 0 spiro atoms. The van der Waals surface area contributed by atoms with Gasteiger partial charge in [-0.1, -0.05) is 43.5 Å². The molecule has 0 atom stereocenters. The Bertz CT molecular complexity index is 655. The molecule has 0 fully saturated rings. The van der Waals surface area contributed by atoms with E-state index in [0.717, 1.165) is 5.22 Å². The van der Waals surface area contributed by atoms with E-state index in [1.807, 2.05) is 18.2 Å². The Balaban J connectivity index is 3.60. The molecule has 0 radical (unpaired) electrons. The van der Waals surface area contributed by atoms with E-state index < -0.39 is 0 Å². The molecule has 0 amide bonds. The summed E-state index contributed by atoms with van der Waals surface area (Å²) in [7, 11) is 0. The minimum Gasteiger partial charge on any atom is -0.256 e. The summed E-state index contributed by atoms with van der Waals surface area (Å²) in [6.45, 7) is 11.2. The molecule has 0 aliphatic heterocycles. The van der Waals surface area contributed by atoms with Crippen molar-refractivity contribution < 1.29 is 4.39 Å². The van der Waals surface area contributed by atoms with Crippen LogP contribution in [0.4, 0.5) is 4.39 Å². The van der Waals surface area contributed by atoms with Crippen molar-refractivity contribution in [3.8, 4) is 0 Å². The van der Waals surface area contributed by atoms with E-state index in [0.29, 0.717) is 16.5 Å². The van der Waals surface area contributed by atoms with Crippen LogP contribution in [0.3, 0.4) is 0 Å². The summed E-state index contributed by atoms with van der Waals surface area (Å²) < 4.78 is 13.8. The minimum atomic E-state index is -0.310. The van der Waals surface area contributed by atoms with Gasteiger partial charge in [0.15, 0.2) is 0 Å². The summed E-state index contributed by atoms with van der Waals surface area (Å²) in [5.74, 6) is -0.310. The molecule has 19 heavy (non-hydrogen) atoms. The third-order valence-corrected chi connectivity index (χ3v) is 2.54. The average Bonchev–Trinajstić information content (AvgIpc) is 2.38. The first-order valence-corrected chi connectivity index (χ1v) is 6.03. The van der Waals surface area contributed by atoms with Crippen molar-refractivity contribution in [3.05, 3.63) is 70.6 Å². The van der Waals surface area contributed by atoms with Gasteiger partial charge in [0, 0.05) is 11.8 Å². The number of rotatable bonds is 2. The van der Waals surface area contributed by atoms with Crippen molar-refractivity contribution in [2.24, 2.45) is 0 Å². The molecule has 98 valence electrons. The van der Waals surface area contributed by atoms with Gasteiger partial charge in [0.2, 0.25) is 0 Å². The van der Waals surface area contributed by atoms with E-state index in [1.165, 1.54) is 6.08 Å². The second kappa shape index (κ2) is 7.27. The maximum absolute atomic E-state index is 13.8. The Morgan fingerprint density at radius 1 is 1.21 bits per heavy atom. The van der Waals surface area contributed by atoms with Gasteiger partial charge in [-0.15, -0.1) is 0 Å². The molecule has 1 heterocycles. The highest BCUT2D eigenvalue weighted by Crippen LogP contribution is 2.14. The molecule has 1 nitrogen and oxygen atoms in total. The largest absolute Gasteiger partial charge is 0.256 e. The lowest BCUT2D eigenvalue weighted by Crippen LogP contribution is -2.06. The summed E-state index contributed by atoms with van der Waals surface area (Å²) >= 11 is 0. The van der Waals surface area contributed by atoms with Gasteiger partial charge >= 0.3 is 0 Å². The highest BCUT2D eigenvalue weighted by atomic mass is 19.1. The van der Waals surface area contributed by atoms with Gasteiger partial charge in [-0.2, -0.15) is 0 Å². The Morgan fingerprint density at radius 2 is 1.89 bits per heavy atom.